The van der Waals surface area contributed by atoms with E-state index in [2.05, 4.69) is 20.9 Å². The van der Waals surface area contributed by atoms with Gasteiger partial charge in [-0.15, -0.1) is 0 Å². The van der Waals surface area contributed by atoms with Crippen LogP contribution in [-0.2, 0) is 0 Å². The highest BCUT2D eigenvalue weighted by Crippen LogP contribution is 2.46. The molecular formula is C15H19BrN2O2. The molecule has 20 heavy (non-hydrogen) atoms. The van der Waals surface area contributed by atoms with Crippen LogP contribution in [0.3, 0.4) is 0 Å². The second-order valence-corrected chi connectivity index (χ2v) is 7.10. The van der Waals surface area contributed by atoms with Crippen molar-refractivity contribution in [3.8, 4) is 0 Å². The van der Waals surface area contributed by atoms with Crippen molar-refractivity contribution in [3.05, 3.63) is 28.0 Å². The zero-order chi connectivity index (χ0) is 14.3. The van der Waals surface area contributed by atoms with Gasteiger partial charge in [0, 0.05) is 35.6 Å². The van der Waals surface area contributed by atoms with Crippen molar-refractivity contribution in [3.63, 3.8) is 0 Å². The maximum atomic E-state index is 12.7. The summed E-state index contributed by atoms with van der Waals surface area (Å²) in [7, 11) is 1.82. The Morgan fingerprint density at radius 1 is 1.55 bits per heavy atom. The van der Waals surface area contributed by atoms with E-state index >= 15 is 0 Å². The summed E-state index contributed by atoms with van der Waals surface area (Å²) in [4.78, 5) is 18.8. The monoisotopic (exact) mass is 338 g/mol. The first-order chi connectivity index (χ1) is 9.54. The minimum atomic E-state index is -0.0520. The summed E-state index contributed by atoms with van der Waals surface area (Å²) in [5, 5.41) is 9.40. The lowest BCUT2D eigenvalue weighted by atomic mass is 10.1. The Morgan fingerprint density at radius 2 is 2.25 bits per heavy atom. The van der Waals surface area contributed by atoms with E-state index in [1.165, 1.54) is 0 Å². The second kappa shape index (κ2) is 5.11. The van der Waals surface area contributed by atoms with Gasteiger partial charge in [0.2, 0.25) is 0 Å². The van der Waals surface area contributed by atoms with Crippen LogP contribution in [0.25, 0.3) is 0 Å². The van der Waals surface area contributed by atoms with Gasteiger partial charge in [0.25, 0.3) is 5.91 Å². The normalized spacial score (nSPS) is 19.8. The molecule has 0 bridgehead atoms. The first kappa shape index (κ1) is 14.0. The minimum absolute atomic E-state index is 0.0143. The number of pyridine rings is 1. The largest absolute Gasteiger partial charge is 0.396 e. The van der Waals surface area contributed by atoms with Crippen molar-refractivity contribution < 1.29 is 9.90 Å². The number of hydrogen-bond donors (Lipinski definition) is 1. The third kappa shape index (κ3) is 2.74. The molecular weight excluding hydrogens is 320 g/mol. The highest BCUT2D eigenvalue weighted by atomic mass is 79.9. The van der Waals surface area contributed by atoms with Crippen LogP contribution in [0.1, 0.15) is 47.7 Å². The molecule has 0 spiro atoms. The summed E-state index contributed by atoms with van der Waals surface area (Å²) in [5.41, 5.74) is 1.58. The van der Waals surface area contributed by atoms with Crippen LogP contribution in [0.2, 0.25) is 0 Å². The van der Waals surface area contributed by atoms with Crippen LogP contribution in [0.4, 0.5) is 0 Å². The number of amides is 1. The molecule has 0 aliphatic heterocycles. The Bertz CT molecular complexity index is 539. The van der Waals surface area contributed by atoms with Gasteiger partial charge in [-0.05, 0) is 47.7 Å². The first-order valence-corrected chi connectivity index (χ1v) is 7.86. The van der Waals surface area contributed by atoms with Gasteiger partial charge >= 0.3 is 0 Å². The van der Waals surface area contributed by atoms with Gasteiger partial charge in [0.1, 0.15) is 0 Å². The van der Waals surface area contributed by atoms with Crippen LogP contribution < -0.4 is 0 Å². The molecule has 2 aliphatic rings. The van der Waals surface area contributed by atoms with E-state index in [0.717, 1.165) is 35.8 Å². The van der Waals surface area contributed by atoms with E-state index in [1.807, 2.05) is 13.1 Å². The number of nitrogens with zero attached hydrogens (tertiary/aromatic N) is 2. The Labute approximate surface area is 127 Å². The summed E-state index contributed by atoms with van der Waals surface area (Å²) >= 11 is 3.40. The topological polar surface area (TPSA) is 53.4 Å². The van der Waals surface area contributed by atoms with Crippen LogP contribution in [-0.4, -0.2) is 41.1 Å². The van der Waals surface area contributed by atoms with Crippen molar-refractivity contribution in [1.29, 1.82) is 0 Å². The fraction of sp³-hybridized carbons (Fsp3) is 0.600. The molecule has 0 radical (unpaired) electrons. The van der Waals surface area contributed by atoms with Crippen LogP contribution >= 0.6 is 15.9 Å². The average Bonchev–Trinajstić information content (AvgIpc) is 3.32. The maximum Gasteiger partial charge on any atom is 0.255 e. The fourth-order valence-corrected chi connectivity index (χ4v) is 2.96. The number of halogens is 1. The van der Waals surface area contributed by atoms with Gasteiger partial charge in [0.05, 0.1) is 17.9 Å². The Hall–Kier alpha value is -0.940. The molecule has 2 fully saturated rings. The standard InChI is InChI=1S/C15H19BrN2O2/c1-18(8-15(9-19)4-5-15)14(20)12-6-11(16)7-17-13(12)10-2-3-10/h6-7,10,19H,2-5,8-9H2,1H3. The lowest BCUT2D eigenvalue weighted by Gasteiger charge is -2.23. The van der Waals surface area contributed by atoms with Gasteiger partial charge in [-0.2, -0.15) is 0 Å². The van der Waals surface area contributed by atoms with E-state index in [0.29, 0.717) is 18.0 Å². The number of hydrogen-bond acceptors (Lipinski definition) is 3. The third-order valence-electron chi connectivity index (χ3n) is 4.29. The van der Waals surface area contributed by atoms with Crippen LogP contribution in [0.15, 0.2) is 16.7 Å². The zero-order valence-corrected chi connectivity index (χ0v) is 13.2. The molecule has 0 saturated heterocycles. The smallest absolute Gasteiger partial charge is 0.255 e. The van der Waals surface area contributed by atoms with Crippen LogP contribution in [0.5, 0.6) is 0 Å². The lowest BCUT2D eigenvalue weighted by molar-refractivity contribution is 0.0732. The van der Waals surface area contributed by atoms with Crippen molar-refractivity contribution in [2.45, 2.75) is 31.6 Å². The van der Waals surface area contributed by atoms with E-state index in [4.69, 9.17) is 0 Å². The van der Waals surface area contributed by atoms with Crippen molar-refractivity contribution in [2.24, 2.45) is 5.41 Å². The zero-order valence-electron chi connectivity index (χ0n) is 11.6. The molecule has 5 heteroatoms. The third-order valence-corrected chi connectivity index (χ3v) is 4.73. The summed E-state index contributed by atoms with van der Waals surface area (Å²) < 4.78 is 0.835. The SMILES string of the molecule is CN(CC1(CO)CC1)C(=O)c1cc(Br)cnc1C1CC1. The molecule has 4 nitrogen and oxygen atoms in total. The quantitative estimate of drug-likeness (QED) is 0.897. The Morgan fingerprint density at radius 3 is 2.80 bits per heavy atom. The molecule has 1 N–H and O–H groups in total. The van der Waals surface area contributed by atoms with E-state index < -0.39 is 0 Å². The van der Waals surface area contributed by atoms with Crippen molar-refractivity contribution >= 4 is 21.8 Å². The number of aliphatic hydroxyl groups is 1. The number of aliphatic hydroxyl groups excluding tert-OH is 1. The molecule has 0 unspecified atom stereocenters. The molecule has 1 aromatic rings. The summed E-state index contributed by atoms with van der Waals surface area (Å²) in [6, 6.07) is 1.87. The van der Waals surface area contributed by atoms with E-state index in [9.17, 15) is 9.90 Å². The lowest BCUT2D eigenvalue weighted by Crippen LogP contribution is -2.34. The highest BCUT2D eigenvalue weighted by molar-refractivity contribution is 9.10. The molecule has 0 aromatic carbocycles. The second-order valence-electron chi connectivity index (χ2n) is 6.18. The number of carbonyl (C=O) groups excluding carboxylic acids is 1. The van der Waals surface area contributed by atoms with Crippen LogP contribution in [0, 0.1) is 5.41 Å². The van der Waals surface area contributed by atoms with Crippen molar-refractivity contribution in [1.82, 2.24) is 9.88 Å². The van der Waals surface area contributed by atoms with E-state index in [1.54, 1.807) is 11.1 Å². The maximum absolute atomic E-state index is 12.7. The predicted octanol–water partition coefficient (Wildman–Crippen LogP) is 2.57. The Balaban J connectivity index is 1.80. The summed E-state index contributed by atoms with van der Waals surface area (Å²) in [5.74, 6) is 0.462. The molecule has 2 aliphatic carbocycles. The Kier molecular flexibility index (Phi) is 3.58. The van der Waals surface area contributed by atoms with E-state index in [-0.39, 0.29) is 17.9 Å². The summed E-state index contributed by atoms with van der Waals surface area (Å²) in [6.45, 7) is 0.787. The molecule has 3 rings (SSSR count). The fourth-order valence-electron chi connectivity index (χ4n) is 2.63. The first-order valence-electron chi connectivity index (χ1n) is 7.06. The molecule has 1 amide bonds. The number of carbonyl (C=O) groups is 1. The number of aromatic nitrogens is 1. The summed E-state index contributed by atoms with van der Waals surface area (Å²) in [6.07, 6.45) is 6.03. The van der Waals surface area contributed by atoms with Gasteiger partial charge < -0.3 is 10.0 Å². The molecule has 2 saturated carbocycles. The number of rotatable bonds is 5. The molecule has 108 valence electrons. The van der Waals surface area contributed by atoms with Gasteiger partial charge in [0.15, 0.2) is 0 Å². The van der Waals surface area contributed by atoms with Gasteiger partial charge in [-0.3, -0.25) is 9.78 Å². The van der Waals surface area contributed by atoms with Crippen molar-refractivity contribution in [2.75, 3.05) is 20.2 Å². The van der Waals surface area contributed by atoms with Gasteiger partial charge in [-0.25, -0.2) is 0 Å². The molecule has 1 aromatic heterocycles. The minimum Gasteiger partial charge on any atom is -0.396 e. The molecule has 0 atom stereocenters. The van der Waals surface area contributed by atoms with Gasteiger partial charge in [-0.1, -0.05) is 0 Å². The predicted molar refractivity (Wildman–Crippen MR) is 79.6 cm³/mol. The average molecular weight is 339 g/mol. The highest BCUT2D eigenvalue weighted by Gasteiger charge is 2.44. The molecule has 1 heterocycles.